The molecule has 0 aliphatic heterocycles. The highest BCUT2D eigenvalue weighted by Gasteiger charge is 2.37. The Labute approximate surface area is 163 Å². The normalized spacial score (nSPS) is 33.5. The summed E-state index contributed by atoms with van der Waals surface area (Å²) in [5, 5.41) is 0. The maximum atomic E-state index is 2.39. The summed E-state index contributed by atoms with van der Waals surface area (Å²) in [6.45, 7) is 4.66. The fraction of sp³-hybridized carbons (Fsp3) is 1.00. The van der Waals surface area contributed by atoms with E-state index in [9.17, 15) is 0 Å². The van der Waals surface area contributed by atoms with Gasteiger partial charge in [0.1, 0.15) is 0 Å². The fourth-order valence-corrected chi connectivity index (χ4v) is 6.68. The van der Waals surface area contributed by atoms with Gasteiger partial charge in [-0.2, -0.15) is 11.8 Å². The Balaban J connectivity index is 1.67. The second kappa shape index (κ2) is 11.9. The minimum atomic E-state index is 0.654. The summed E-state index contributed by atoms with van der Waals surface area (Å²) >= 11 is 2.22. The Kier molecular flexibility index (Phi) is 10.3. The van der Waals surface area contributed by atoms with Crippen LogP contribution in [0, 0.1) is 17.8 Å². The highest BCUT2D eigenvalue weighted by atomic mass is 32.2. The van der Waals surface area contributed by atoms with Gasteiger partial charge in [-0.05, 0) is 69.0 Å². The van der Waals surface area contributed by atoms with Crippen LogP contribution in [0.25, 0.3) is 0 Å². The first-order valence-electron chi connectivity index (χ1n) is 11.8. The zero-order valence-corrected chi connectivity index (χ0v) is 18.5. The molecule has 0 unspecified atom stereocenters. The molecular weight excluding hydrogens is 320 g/mol. The van der Waals surface area contributed by atoms with E-state index in [4.69, 9.17) is 0 Å². The average Bonchev–Trinajstić information content (AvgIpc) is 2.67. The number of hydrogen-bond donors (Lipinski definition) is 0. The molecule has 148 valence electrons. The van der Waals surface area contributed by atoms with Crippen LogP contribution in [0.5, 0.6) is 0 Å². The molecule has 0 spiro atoms. The van der Waals surface area contributed by atoms with Gasteiger partial charge in [0, 0.05) is 4.75 Å². The summed E-state index contributed by atoms with van der Waals surface area (Å²) in [5.41, 5.74) is 0. The largest absolute Gasteiger partial charge is 0.159 e. The van der Waals surface area contributed by atoms with Gasteiger partial charge in [-0.3, -0.25) is 0 Å². The highest BCUT2D eigenvalue weighted by Crippen LogP contribution is 2.48. The van der Waals surface area contributed by atoms with Gasteiger partial charge in [-0.15, -0.1) is 0 Å². The van der Waals surface area contributed by atoms with Gasteiger partial charge in [-0.25, -0.2) is 0 Å². The number of unbranched alkanes of at least 4 members (excludes halogenated alkanes) is 5. The Morgan fingerprint density at radius 1 is 0.720 bits per heavy atom. The standard InChI is InChI=1S/C24H46S/c1-4-6-8-9-10-18-24(25-3)19-16-23(17-20-24)22-14-12-21(13-15-22)11-7-5-2/h21-23H,4-20H2,1-3H3. The van der Waals surface area contributed by atoms with E-state index in [2.05, 4.69) is 31.9 Å². The Morgan fingerprint density at radius 2 is 1.32 bits per heavy atom. The van der Waals surface area contributed by atoms with Gasteiger partial charge in [0.2, 0.25) is 0 Å². The molecule has 0 nitrogen and oxygen atoms in total. The molecule has 0 aromatic rings. The molecule has 0 aromatic heterocycles. The van der Waals surface area contributed by atoms with E-state index < -0.39 is 0 Å². The van der Waals surface area contributed by atoms with E-state index >= 15 is 0 Å². The van der Waals surface area contributed by atoms with E-state index in [-0.39, 0.29) is 0 Å². The van der Waals surface area contributed by atoms with Crippen LogP contribution in [0.4, 0.5) is 0 Å². The SMILES string of the molecule is CCCCCCCC1(SC)CCC(C2CCC(CCCC)CC2)CC1. The molecule has 2 aliphatic rings. The van der Waals surface area contributed by atoms with Crippen molar-refractivity contribution in [2.45, 2.75) is 128 Å². The molecule has 0 aromatic carbocycles. The molecule has 0 N–H and O–H groups in total. The number of hydrogen-bond acceptors (Lipinski definition) is 1. The van der Waals surface area contributed by atoms with Gasteiger partial charge in [0.05, 0.1) is 0 Å². The van der Waals surface area contributed by atoms with E-state index in [1.165, 1.54) is 70.6 Å². The summed E-state index contributed by atoms with van der Waals surface area (Å²) < 4.78 is 0.654. The molecule has 2 saturated carbocycles. The smallest absolute Gasteiger partial charge is 0.0157 e. The van der Waals surface area contributed by atoms with Gasteiger partial charge >= 0.3 is 0 Å². The van der Waals surface area contributed by atoms with E-state index in [0.29, 0.717) is 4.75 Å². The Morgan fingerprint density at radius 3 is 1.92 bits per heavy atom. The second-order valence-electron chi connectivity index (χ2n) is 9.31. The number of rotatable bonds is 11. The fourth-order valence-electron chi connectivity index (χ4n) is 5.69. The molecule has 0 saturated heterocycles. The van der Waals surface area contributed by atoms with Crippen molar-refractivity contribution < 1.29 is 0 Å². The van der Waals surface area contributed by atoms with E-state index in [1.807, 2.05) is 0 Å². The monoisotopic (exact) mass is 366 g/mol. The van der Waals surface area contributed by atoms with Crippen LogP contribution in [0.3, 0.4) is 0 Å². The van der Waals surface area contributed by atoms with E-state index in [0.717, 1.165) is 17.8 Å². The Bertz CT molecular complexity index is 321. The molecule has 0 bridgehead atoms. The molecule has 2 fully saturated rings. The maximum absolute atomic E-state index is 2.39. The first-order chi connectivity index (χ1) is 12.2. The van der Waals surface area contributed by atoms with Crippen molar-refractivity contribution >= 4 is 11.8 Å². The highest BCUT2D eigenvalue weighted by molar-refractivity contribution is 8.00. The van der Waals surface area contributed by atoms with Crippen LogP contribution < -0.4 is 0 Å². The molecule has 0 atom stereocenters. The van der Waals surface area contributed by atoms with Crippen molar-refractivity contribution in [3.8, 4) is 0 Å². The van der Waals surface area contributed by atoms with Crippen molar-refractivity contribution in [3.05, 3.63) is 0 Å². The molecule has 1 heteroatoms. The van der Waals surface area contributed by atoms with Crippen LogP contribution in [-0.4, -0.2) is 11.0 Å². The molecular formula is C24H46S. The van der Waals surface area contributed by atoms with Crippen molar-refractivity contribution in [3.63, 3.8) is 0 Å². The van der Waals surface area contributed by atoms with Crippen LogP contribution in [0.1, 0.15) is 123 Å². The summed E-state index contributed by atoms with van der Waals surface area (Å²) in [4.78, 5) is 0. The zero-order chi connectivity index (χ0) is 18.0. The Hall–Kier alpha value is 0.350. The van der Waals surface area contributed by atoms with Crippen LogP contribution >= 0.6 is 11.8 Å². The second-order valence-corrected chi connectivity index (χ2v) is 10.6. The molecule has 0 radical (unpaired) electrons. The van der Waals surface area contributed by atoms with Crippen molar-refractivity contribution in [2.75, 3.05) is 6.26 Å². The predicted octanol–water partition coefficient (Wildman–Crippen LogP) is 8.64. The minimum Gasteiger partial charge on any atom is -0.159 e. The van der Waals surface area contributed by atoms with Crippen LogP contribution in [-0.2, 0) is 0 Å². The van der Waals surface area contributed by atoms with Crippen LogP contribution in [0.2, 0.25) is 0 Å². The van der Waals surface area contributed by atoms with Crippen molar-refractivity contribution in [1.82, 2.24) is 0 Å². The summed E-state index contributed by atoms with van der Waals surface area (Å²) in [6, 6.07) is 0. The topological polar surface area (TPSA) is 0 Å². The van der Waals surface area contributed by atoms with Crippen molar-refractivity contribution in [1.29, 1.82) is 0 Å². The average molecular weight is 367 g/mol. The third-order valence-corrected chi connectivity index (χ3v) is 9.11. The van der Waals surface area contributed by atoms with Gasteiger partial charge < -0.3 is 0 Å². The lowest BCUT2D eigenvalue weighted by Crippen LogP contribution is -2.34. The lowest BCUT2D eigenvalue weighted by atomic mass is 9.68. The minimum absolute atomic E-state index is 0.654. The lowest BCUT2D eigenvalue weighted by molar-refractivity contribution is 0.148. The summed E-state index contributed by atoms with van der Waals surface area (Å²) in [7, 11) is 0. The summed E-state index contributed by atoms with van der Waals surface area (Å²) in [6.07, 6.45) is 27.8. The zero-order valence-electron chi connectivity index (χ0n) is 17.7. The quantitative estimate of drug-likeness (QED) is 0.330. The van der Waals surface area contributed by atoms with Crippen molar-refractivity contribution in [2.24, 2.45) is 17.8 Å². The van der Waals surface area contributed by atoms with Gasteiger partial charge in [-0.1, -0.05) is 78.1 Å². The molecule has 25 heavy (non-hydrogen) atoms. The summed E-state index contributed by atoms with van der Waals surface area (Å²) in [5.74, 6) is 3.24. The first-order valence-corrected chi connectivity index (χ1v) is 13.0. The van der Waals surface area contributed by atoms with Crippen LogP contribution in [0.15, 0.2) is 0 Å². The van der Waals surface area contributed by atoms with Gasteiger partial charge in [0.15, 0.2) is 0 Å². The third kappa shape index (κ3) is 7.11. The maximum Gasteiger partial charge on any atom is 0.0157 e. The first kappa shape index (κ1) is 21.6. The molecule has 2 aliphatic carbocycles. The number of thioether (sulfide) groups is 1. The predicted molar refractivity (Wildman–Crippen MR) is 117 cm³/mol. The molecule has 0 heterocycles. The lowest BCUT2D eigenvalue weighted by Gasteiger charge is -2.43. The van der Waals surface area contributed by atoms with E-state index in [1.54, 1.807) is 38.5 Å². The molecule has 2 rings (SSSR count). The molecule has 0 amide bonds. The van der Waals surface area contributed by atoms with Gasteiger partial charge in [0.25, 0.3) is 0 Å². The third-order valence-electron chi connectivity index (χ3n) is 7.63.